The van der Waals surface area contributed by atoms with Crippen LogP contribution in [0.15, 0.2) is 12.1 Å². The summed E-state index contributed by atoms with van der Waals surface area (Å²) in [5.74, 6) is 0.332. The van der Waals surface area contributed by atoms with Crippen LogP contribution in [0.4, 0.5) is 0 Å². The molecule has 0 aromatic carbocycles. The molecular weight excluding hydrogens is 242 g/mol. The van der Waals surface area contributed by atoms with E-state index in [1.165, 1.54) is 4.88 Å². The van der Waals surface area contributed by atoms with Crippen molar-refractivity contribution in [3.05, 3.63) is 21.3 Å². The number of halogens is 1. The van der Waals surface area contributed by atoms with Gasteiger partial charge in [0.2, 0.25) is 0 Å². The average molecular weight is 262 g/mol. The third-order valence-electron chi connectivity index (χ3n) is 2.58. The summed E-state index contributed by atoms with van der Waals surface area (Å²) in [5.41, 5.74) is 0. The molecule has 4 heteroatoms. The van der Waals surface area contributed by atoms with Crippen LogP contribution < -0.4 is 5.32 Å². The van der Waals surface area contributed by atoms with E-state index in [0.29, 0.717) is 12.0 Å². The molecule has 2 N–H and O–H groups in total. The molecule has 16 heavy (non-hydrogen) atoms. The Labute approximate surface area is 107 Å². The first-order valence-electron chi connectivity index (χ1n) is 5.70. The van der Waals surface area contributed by atoms with Gasteiger partial charge in [0.1, 0.15) is 0 Å². The van der Waals surface area contributed by atoms with Gasteiger partial charge in [0.25, 0.3) is 0 Å². The van der Waals surface area contributed by atoms with Gasteiger partial charge in [-0.25, -0.2) is 0 Å². The molecule has 2 unspecified atom stereocenters. The van der Waals surface area contributed by atoms with Gasteiger partial charge in [-0.2, -0.15) is 0 Å². The normalized spacial score (nSPS) is 15.0. The van der Waals surface area contributed by atoms with Crippen molar-refractivity contribution in [2.45, 2.75) is 32.7 Å². The molecule has 0 radical (unpaired) electrons. The summed E-state index contributed by atoms with van der Waals surface area (Å²) in [7, 11) is 0. The summed E-state index contributed by atoms with van der Waals surface area (Å²) in [6.45, 7) is 5.35. The van der Waals surface area contributed by atoms with Crippen molar-refractivity contribution >= 4 is 22.9 Å². The molecule has 1 heterocycles. The summed E-state index contributed by atoms with van der Waals surface area (Å²) in [6.07, 6.45) is 2.17. The number of thiophene rings is 1. The summed E-state index contributed by atoms with van der Waals surface area (Å²) >= 11 is 7.53. The van der Waals surface area contributed by atoms with Gasteiger partial charge in [-0.1, -0.05) is 18.5 Å². The minimum atomic E-state index is 0.250. The van der Waals surface area contributed by atoms with Gasteiger partial charge >= 0.3 is 0 Å². The third kappa shape index (κ3) is 5.30. The fourth-order valence-electron chi connectivity index (χ4n) is 1.41. The van der Waals surface area contributed by atoms with Crippen LogP contribution in [0.5, 0.6) is 0 Å². The predicted molar refractivity (Wildman–Crippen MR) is 71.4 cm³/mol. The number of hydrogen-bond acceptors (Lipinski definition) is 3. The van der Waals surface area contributed by atoms with E-state index in [1.807, 2.05) is 13.0 Å². The van der Waals surface area contributed by atoms with Crippen molar-refractivity contribution in [1.82, 2.24) is 5.32 Å². The third-order valence-corrected chi connectivity index (χ3v) is 3.87. The molecule has 0 saturated heterocycles. The van der Waals surface area contributed by atoms with Crippen molar-refractivity contribution in [2.75, 3.05) is 13.2 Å². The molecule has 2 nitrogen and oxygen atoms in total. The second-order valence-corrected chi connectivity index (χ2v) is 6.14. The highest BCUT2D eigenvalue weighted by Gasteiger charge is 2.06. The Hall–Kier alpha value is -0.0900. The second-order valence-electron chi connectivity index (χ2n) is 4.34. The quantitative estimate of drug-likeness (QED) is 0.791. The highest BCUT2D eigenvalue weighted by Crippen LogP contribution is 2.22. The molecule has 0 fully saturated rings. The molecule has 0 spiro atoms. The molecule has 1 aromatic heterocycles. The van der Waals surface area contributed by atoms with Crippen LogP contribution in [0.1, 0.15) is 25.1 Å². The zero-order chi connectivity index (χ0) is 12.0. The van der Waals surface area contributed by atoms with Crippen LogP contribution in [0, 0.1) is 5.92 Å². The lowest BCUT2D eigenvalue weighted by Gasteiger charge is -2.15. The minimum absolute atomic E-state index is 0.250. The maximum absolute atomic E-state index is 8.91. The molecule has 0 aliphatic rings. The molecule has 0 amide bonds. The predicted octanol–water partition coefficient (Wildman–Crippen LogP) is 2.94. The van der Waals surface area contributed by atoms with Crippen LogP contribution >= 0.6 is 22.9 Å². The Morgan fingerprint density at radius 3 is 2.75 bits per heavy atom. The monoisotopic (exact) mass is 261 g/mol. The molecule has 92 valence electrons. The molecule has 2 atom stereocenters. The van der Waals surface area contributed by atoms with E-state index in [0.717, 1.165) is 23.7 Å². The summed E-state index contributed by atoms with van der Waals surface area (Å²) in [6, 6.07) is 4.53. The van der Waals surface area contributed by atoms with Crippen LogP contribution in [0.25, 0.3) is 0 Å². The first-order chi connectivity index (χ1) is 7.61. The van der Waals surface area contributed by atoms with Crippen LogP contribution in [-0.2, 0) is 6.42 Å². The number of aryl methyl sites for hydroxylation is 1. The van der Waals surface area contributed by atoms with E-state index in [9.17, 15) is 0 Å². The highest BCUT2D eigenvalue weighted by atomic mass is 35.5. The number of aliphatic hydroxyl groups excluding tert-OH is 1. The van der Waals surface area contributed by atoms with Crippen molar-refractivity contribution in [3.8, 4) is 0 Å². The van der Waals surface area contributed by atoms with E-state index in [-0.39, 0.29) is 6.61 Å². The van der Waals surface area contributed by atoms with Crippen LogP contribution in [0.2, 0.25) is 4.34 Å². The van der Waals surface area contributed by atoms with Gasteiger partial charge in [-0.05, 0) is 37.8 Å². The molecule has 1 rings (SSSR count). The Morgan fingerprint density at radius 1 is 1.44 bits per heavy atom. The lowest BCUT2D eigenvalue weighted by molar-refractivity contribution is 0.230. The summed E-state index contributed by atoms with van der Waals surface area (Å²) in [4.78, 5) is 1.34. The van der Waals surface area contributed by atoms with Gasteiger partial charge in [-0.15, -0.1) is 11.3 Å². The Morgan fingerprint density at radius 2 is 2.19 bits per heavy atom. The van der Waals surface area contributed by atoms with E-state index < -0.39 is 0 Å². The smallest absolute Gasteiger partial charge is 0.0931 e. The van der Waals surface area contributed by atoms with E-state index >= 15 is 0 Å². The highest BCUT2D eigenvalue weighted by molar-refractivity contribution is 7.16. The van der Waals surface area contributed by atoms with E-state index in [4.69, 9.17) is 16.7 Å². The zero-order valence-corrected chi connectivity index (χ0v) is 11.4. The fraction of sp³-hybridized carbons (Fsp3) is 0.667. The largest absolute Gasteiger partial charge is 0.396 e. The standard InChI is InChI=1S/C12H20ClNOS/c1-9(8-15)7-14-10(2)3-4-11-5-6-12(13)16-11/h5-6,9-10,14-15H,3-4,7-8H2,1-2H3. The van der Waals surface area contributed by atoms with Gasteiger partial charge in [0, 0.05) is 24.1 Å². The van der Waals surface area contributed by atoms with Crippen molar-refractivity contribution < 1.29 is 5.11 Å². The minimum Gasteiger partial charge on any atom is -0.396 e. The van der Waals surface area contributed by atoms with Crippen LogP contribution in [-0.4, -0.2) is 24.3 Å². The molecule has 0 bridgehead atoms. The second kappa shape index (κ2) is 7.28. The van der Waals surface area contributed by atoms with Gasteiger partial charge in [0.15, 0.2) is 0 Å². The fourth-order valence-corrected chi connectivity index (χ4v) is 2.52. The summed E-state index contributed by atoms with van der Waals surface area (Å²) in [5, 5.41) is 12.3. The average Bonchev–Trinajstić information content (AvgIpc) is 2.69. The van der Waals surface area contributed by atoms with Gasteiger partial charge < -0.3 is 10.4 Å². The number of rotatable bonds is 7. The van der Waals surface area contributed by atoms with E-state index in [1.54, 1.807) is 11.3 Å². The molecular formula is C12H20ClNOS. The zero-order valence-electron chi connectivity index (χ0n) is 9.87. The van der Waals surface area contributed by atoms with E-state index in [2.05, 4.69) is 18.3 Å². The Bertz CT molecular complexity index is 303. The Kier molecular flexibility index (Phi) is 6.36. The molecule has 1 aromatic rings. The van der Waals surface area contributed by atoms with Gasteiger partial charge in [0.05, 0.1) is 4.34 Å². The van der Waals surface area contributed by atoms with Crippen molar-refractivity contribution in [3.63, 3.8) is 0 Å². The molecule has 0 aliphatic heterocycles. The summed E-state index contributed by atoms with van der Waals surface area (Å²) < 4.78 is 0.865. The number of hydrogen-bond donors (Lipinski definition) is 2. The first kappa shape index (κ1) is 14.0. The first-order valence-corrected chi connectivity index (χ1v) is 6.89. The molecule has 0 saturated carbocycles. The maximum atomic E-state index is 8.91. The topological polar surface area (TPSA) is 32.3 Å². The number of aliphatic hydroxyl groups is 1. The van der Waals surface area contributed by atoms with Crippen molar-refractivity contribution in [2.24, 2.45) is 5.92 Å². The number of nitrogens with one attached hydrogen (secondary N) is 1. The molecule has 0 aliphatic carbocycles. The lowest BCUT2D eigenvalue weighted by Crippen LogP contribution is -2.31. The Balaban J connectivity index is 2.17. The lowest BCUT2D eigenvalue weighted by atomic mass is 10.1. The van der Waals surface area contributed by atoms with Crippen molar-refractivity contribution in [1.29, 1.82) is 0 Å². The maximum Gasteiger partial charge on any atom is 0.0931 e. The SMILES string of the molecule is CC(CO)CNC(C)CCc1ccc(Cl)s1. The van der Waals surface area contributed by atoms with Crippen LogP contribution in [0.3, 0.4) is 0 Å². The van der Waals surface area contributed by atoms with Gasteiger partial charge in [-0.3, -0.25) is 0 Å².